The van der Waals surface area contributed by atoms with Gasteiger partial charge in [-0.3, -0.25) is 0 Å². The lowest BCUT2D eigenvalue weighted by atomic mass is 9.98. The first-order chi connectivity index (χ1) is 8.29. The van der Waals surface area contributed by atoms with E-state index in [0.29, 0.717) is 12.5 Å². The van der Waals surface area contributed by atoms with E-state index in [1.54, 1.807) is 10.4 Å². The monoisotopic (exact) mass is 255 g/mol. The average Bonchev–Trinajstić information content (AvgIpc) is 2.89. The van der Waals surface area contributed by atoms with Crippen molar-refractivity contribution >= 4 is 17.4 Å². The Bertz CT molecular complexity index is 348. The number of aliphatic hydroxyl groups is 1. The number of aliphatic hydroxyl groups excluding tert-OH is 1. The third-order valence-corrected chi connectivity index (χ3v) is 3.70. The van der Waals surface area contributed by atoms with Crippen LogP contribution in [0.3, 0.4) is 0 Å². The molecule has 2 rings (SSSR count). The molecule has 0 aromatic carbocycles. The van der Waals surface area contributed by atoms with Crippen molar-refractivity contribution in [3.05, 3.63) is 16.6 Å². The highest BCUT2D eigenvalue weighted by Gasteiger charge is 2.21. The van der Waals surface area contributed by atoms with Crippen molar-refractivity contribution in [3.63, 3.8) is 0 Å². The number of rotatable bonds is 3. The predicted octanol–water partition coefficient (Wildman–Crippen LogP) is 1.06. The van der Waals surface area contributed by atoms with Crippen molar-refractivity contribution in [2.45, 2.75) is 19.4 Å². The second-order valence-corrected chi connectivity index (χ2v) is 4.97. The second kappa shape index (κ2) is 5.97. The number of urea groups is 1. The summed E-state index contributed by atoms with van der Waals surface area (Å²) in [6.07, 6.45) is 1.78. The van der Waals surface area contributed by atoms with Gasteiger partial charge in [-0.25, -0.2) is 9.78 Å². The van der Waals surface area contributed by atoms with Crippen LogP contribution in [0.2, 0.25) is 0 Å². The van der Waals surface area contributed by atoms with Gasteiger partial charge in [-0.2, -0.15) is 0 Å². The highest BCUT2D eigenvalue weighted by Crippen LogP contribution is 2.16. The van der Waals surface area contributed by atoms with Crippen LogP contribution in [0, 0.1) is 5.92 Å². The molecule has 1 aromatic rings. The molecule has 1 saturated heterocycles. The van der Waals surface area contributed by atoms with Gasteiger partial charge in [0.05, 0.1) is 17.7 Å². The number of likely N-dealkylation sites (tertiary alicyclic amines) is 1. The SMILES string of the molecule is O=C(NCc1cscn1)N1CCC(CO)CC1. The molecule has 1 aromatic heterocycles. The van der Waals surface area contributed by atoms with E-state index in [0.717, 1.165) is 31.6 Å². The van der Waals surface area contributed by atoms with Gasteiger partial charge in [0, 0.05) is 25.1 Å². The Hall–Kier alpha value is -1.14. The number of nitrogens with one attached hydrogen (secondary N) is 1. The van der Waals surface area contributed by atoms with Gasteiger partial charge in [-0.05, 0) is 18.8 Å². The van der Waals surface area contributed by atoms with E-state index in [1.165, 1.54) is 11.3 Å². The predicted molar refractivity (Wildman–Crippen MR) is 65.7 cm³/mol. The summed E-state index contributed by atoms with van der Waals surface area (Å²) in [6, 6.07) is -0.0330. The Kier molecular flexibility index (Phi) is 4.33. The van der Waals surface area contributed by atoms with Crippen molar-refractivity contribution < 1.29 is 9.90 Å². The van der Waals surface area contributed by atoms with Crippen LogP contribution < -0.4 is 5.32 Å². The van der Waals surface area contributed by atoms with Crippen LogP contribution in [0.5, 0.6) is 0 Å². The van der Waals surface area contributed by atoms with Crippen LogP contribution >= 0.6 is 11.3 Å². The van der Waals surface area contributed by atoms with Crippen LogP contribution in [0.25, 0.3) is 0 Å². The molecule has 94 valence electrons. The van der Waals surface area contributed by atoms with Crippen molar-refractivity contribution in [1.29, 1.82) is 0 Å². The Morgan fingerprint density at radius 3 is 2.94 bits per heavy atom. The molecule has 0 radical (unpaired) electrons. The lowest BCUT2D eigenvalue weighted by Crippen LogP contribution is -2.44. The third kappa shape index (κ3) is 3.41. The van der Waals surface area contributed by atoms with Gasteiger partial charge in [0.2, 0.25) is 0 Å². The summed E-state index contributed by atoms with van der Waals surface area (Å²) in [5.74, 6) is 0.359. The minimum absolute atomic E-state index is 0.0330. The fourth-order valence-corrected chi connectivity index (χ4v) is 2.48. The number of aromatic nitrogens is 1. The lowest BCUT2D eigenvalue weighted by molar-refractivity contribution is 0.137. The van der Waals surface area contributed by atoms with Crippen LogP contribution in [0.4, 0.5) is 4.79 Å². The van der Waals surface area contributed by atoms with E-state index in [2.05, 4.69) is 10.3 Å². The third-order valence-electron chi connectivity index (χ3n) is 3.06. The summed E-state index contributed by atoms with van der Waals surface area (Å²) in [6.45, 7) is 2.18. The van der Waals surface area contributed by atoms with E-state index in [-0.39, 0.29) is 12.6 Å². The molecule has 1 aliphatic heterocycles. The summed E-state index contributed by atoms with van der Waals surface area (Å²) in [4.78, 5) is 17.7. The van der Waals surface area contributed by atoms with Gasteiger partial charge in [0.1, 0.15) is 0 Å². The molecule has 0 atom stereocenters. The van der Waals surface area contributed by atoms with Gasteiger partial charge in [-0.15, -0.1) is 11.3 Å². The maximum Gasteiger partial charge on any atom is 0.317 e. The molecule has 17 heavy (non-hydrogen) atoms. The fraction of sp³-hybridized carbons (Fsp3) is 0.636. The summed E-state index contributed by atoms with van der Waals surface area (Å²) in [5, 5.41) is 13.8. The van der Waals surface area contributed by atoms with E-state index < -0.39 is 0 Å². The van der Waals surface area contributed by atoms with Gasteiger partial charge in [0.25, 0.3) is 0 Å². The number of piperidine rings is 1. The van der Waals surface area contributed by atoms with Gasteiger partial charge < -0.3 is 15.3 Å². The van der Waals surface area contributed by atoms with E-state index in [1.807, 2.05) is 5.38 Å². The van der Waals surface area contributed by atoms with Crippen LogP contribution in [-0.4, -0.2) is 40.7 Å². The van der Waals surface area contributed by atoms with Gasteiger partial charge in [0.15, 0.2) is 0 Å². The van der Waals surface area contributed by atoms with Crippen molar-refractivity contribution in [3.8, 4) is 0 Å². The molecule has 6 heteroatoms. The van der Waals surface area contributed by atoms with E-state index in [9.17, 15) is 4.79 Å². The van der Waals surface area contributed by atoms with Crippen molar-refractivity contribution in [2.75, 3.05) is 19.7 Å². The zero-order valence-electron chi connectivity index (χ0n) is 9.63. The molecule has 0 unspecified atom stereocenters. The maximum absolute atomic E-state index is 11.8. The Morgan fingerprint density at radius 2 is 2.35 bits per heavy atom. The second-order valence-electron chi connectivity index (χ2n) is 4.25. The molecular weight excluding hydrogens is 238 g/mol. The number of thiazole rings is 1. The molecule has 2 heterocycles. The first-order valence-corrected chi connectivity index (χ1v) is 6.74. The molecule has 2 N–H and O–H groups in total. The van der Waals surface area contributed by atoms with Crippen molar-refractivity contribution in [1.82, 2.24) is 15.2 Å². The molecule has 0 spiro atoms. The maximum atomic E-state index is 11.8. The Balaban J connectivity index is 1.73. The highest BCUT2D eigenvalue weighted by molar-refractivity contribution is 7.07. The van der Waals surface area contributed by atoms with Gasteiger partial charge in [-0.1, -0.05) is 0 Å². The highest BCUT2D eigenvalue weighted by atomic mass is 32.1. The van der Waals surface area contributed by atoms with E-state index in [4.69, 9.17) is 5.11 Å². The van der Waals surface area contributed by atoms with Crippen molar-refractivity contribution in [2.24, 2.45) is 5.92 Å². The number of carbonyl (C=O) groups excluding carboxylic acids is 1. The molecule has 0 bridgehead atoms. The molecule has 2 amide bonds. The van der Waals surface area contributed by atoms with E-state index >= 15 is 0 Å². The Morgan fingerprint density at radius 1 is 1.59 bits per heavy atom. The van der Waals surface area contributed by atoms with Crippen LogP contribution in [0.15, 0.2) is 10.9 Å². The summed E-state index contributed by atoms with van der Waals surface area (Å²) < 4.78 is 0. The average molecular weight is 255 g/mol. The number of carbonyl (C=O) groups is 1. The fourth-order valence-electron chi connectivity index (χ4n) is 1.92. The minimum Gasteiger partial charge on any atom is -0.396 e. The lowest BCUT2D eigenvalue weighted by Gasteiger charge is -2.31. The van der Waals surface area contributed by atoms with Gasteiger partial charge >= 0.3 is 6.03 Å². The number of hydrogen-bond donors (Lipinski definition) is 2. The summed E-state index contributed by atoms with van der Waals surface area (Å²) in [7, 11) is 0. The quantitative estimate of drug-likeness (QED) is 0.848. The number of amides is 2. The smallest absolute Gasteiger partial charge is 0.317 e. The minimum atomic E-state index is -0.0330. The molecule has 1 fully saturated rings. The standard InChI is InChI=1S/C11H17N3O2S/c15-6-9-1-3-14(4-2-9)11(16)12-5-10-7-17-8-13-10/h7-9,15H,1-6H2,(H,12,16). The molecule has 0 saturated carbocycles. The first-order valence-electron chi connectivity index (χ1n) is 5.80. The molecular formula is C11H17N3O2S. The topological polar surface area (TPSA) is 65.5 Å². The summed E-state index contributed by atoms with van der Waals surface area (Å²) in [5.41, 5.74) is 2.66. The zero-order chi connectivity index (χ0) is 12.1. The first kappa shape index (κ1) is 12.3. The largest absolute Gasteiger partial charge is 0.396 e. The normalized spacial score (nSPS) is 17.1. The zero-order valence-corrected chi connectivity index (χ0v) is 10.4. The van der Waals surface area contributed by atoms with Crippen LogP contribution in [0.1, 0.15) is 18.5 Å². The molecule has 5 nitrogen and oxygen atoms in total. The number of nitrogens with zero attached hydrogens (tertiary/aromatic N) is 2. The van der Waals surface area contributed by atoms with Crippen LogP contribution in [-0.2, 0) is 6.54 Å². The number of hydrogen-bond acceptors (Lipinski definition) is 4. The molecule has 0 aliphatic carbocycles. The summed E-state index contributed by atoms with van der Waals surface area (Å²) >= 11 is 1.53. The molecule has 1 aliphatic rings. The Labute approximate surface area is 104 Å².